The molecule has 2 aromatic rings. The van der Waals surface area contributed by atoms with E-state index in [1.54, 1.807) is 6.07 Å². The van der Waals surface area contributed by atoms with Crippen LogP contribution in [0.25, 0.3) is 11.5 Å². The fourth-order valence-electron chi connectivity index (χ4n) is 1.79. The van der Waals surface area contributed by atoms with Gasteiger partial charge in [-0.05, 0) is 33.0 Å². The van der Waals surface area contributed by atoms with Crippen molar-refractivity contribution in [3.8, 4) is 11.5 Å². The maximum atomic E-state index is 12.8. The SMILES string of the molecule is CNCc1c(C)nc(-c2ccc(F)cn2)nc1C. The average Bonchev–Trinajstić information content (AvgIpc) is 2.34. The molecule has 0 aromatic carbocycles. The third-order valence-corrected chi connectivity index (χ3v) is 2.73. The maximum absolute atomic E-state index is 12.8. The van der Waals surface area contributed by atoms with Crippen molar-refractivity contribution in [2.75, 3.05) is 7.05 Å². The highest BCUT2D eigenvalue weighted by Crippen LogP contribution is 2.17. The first-order valence-electron chi connectivity index (χ1n) is 5.72. The number of aromatic nitrogens is 3. The lowest BCUT2D eigenvalue weighted by atomic mass is 10.1. The van der Waals surface area contributed by atoms with Crippen molar-refractivity contribution in [2.45, 2.75) is 20.4 Å². The summed E-state index contributed by atoms with van der Waals surface area (Å²) in [5.41, 5.74) is 3.50. The van der Waals surface area contributed by atoms with Gasteiger partial charge in [-0.25, -0.2) is 19.3 Å². The molecule has 2 heterocycles. The smallest absolute Gasteiger partial charge is 0.178 e. The van der Waals surface area contributed by atoms with Gasteiger partial charge in [0, 0.05) is 23.5 Å². The molecule has 94 valence electrons. The van der Waals surface area contributed by atoms with E-state index in [0.717, 1.165) is 23.5 Å². The molecule has 0 aliphatic carbocycles. The van der Waals surface area contributed by atoms with Gasteiger partial charge in [0.05, 0.1) is 6.20 Å². The topological polar surface area (TPSA) is 50.7 Å². The summed E-state index contributed by atoms with van der Waals surface area (Å²) >= 11 is 0. The summed E-state index contributed by atoms with van der Waals surface area (Å²) in [6, 6.07) is 2.94. The summed E-state index contributed by atoms with van der Waals surface area (Å²) in [6.45, 7) is 4.61. The van der Waals surface area contributed by atoms with Crippen LogP contribution in [0.1, 0.15) is 17.0 Å². The van der Waals surface area contributed by atoms with E-state index in [0.29, 0.717) is 11.5 Å². The molecule has 2 aromatic heterocycles. The third kappa shape index (κ3) is 2.51. The van der Waals surface area contributed by atoms with Crippen LogP contribution >= 0.6 is 0 Å². The van der Waals surface area contributed by atoms with Gasteiger partial charge in [-0.1, -0.05) is 0 Å². The Morgan fingerprint density at radius 2 is 1.83 bits per heavy atom. The van der Waals surface area contributed by atoms with Gasteiger partial charge in [-0.3, -0.25) is 0 Å². The Morgan fingerprint density at radius 1 is 1.17 bits per heavy atom. The van der Waals surface area contributed by atoms with Gasteiger partial charge in [0.25, 0.3) is 0 Å². The summed E-state index contributed by atoms with van der Waals surface area (Å²) in [5, 5.41) is 3.09. The van der Waals surface area contributed by atoms with Gasteiger partial charge in [0.2, 0.25) is 0 Å². The molecule has 1 N–H and O–H groups in total. The molecule has 0 saturated carbocycles. The Labute approximate surface area is 105 Å². The molecule has 0 radical (unpaired) electrons. The Hall–Kier alpha value is -1.88. The van der Waals surface area contributed by atoms with E-state index in [1.807, 2.05) is 20.9 Å². The summed E-state index contributed by atoms with van der Waals surface area (Å²) < 4.78 is 12.8. The Balaban J connectivity index is 2.44. The molecule has 18 heavy (non-hydrogen) atoms. The lowest BCUT2D eigenvalue weighted by Crippen LogP contribution is -2.11. The van der Waals surface area contributed by atoms with Gasteiger partial charge < -0.3 is 5.32 Å². The molecule has 4 nitrogen and oxygen atoms in total. The van der Waals surface area contributed by atoms with E-state index in [9.17, 15) is 4.39 Å². The van der Waals surface area contributed by atoms with E-state index in [-0.39, 0.29) is 5.82 Å². The van der Waals surface area contributed by atoms with E-state index in [4.69, 9.17) is 0 Å². The fourth-order valence-corrected chi connectivity index (χ4v) is 1.79. The molecule has 0 saturated heterocycles. The van der Waals surface area contributed by atoms with Crippen LogP contribution in [0.2, 0.25) is 0 Å². The Kier molecular flexibility index (Phi) is 3.62. The number of nitrogens with zero attached hydrogens (tertiary/aromatic N) is 3. The zero-order valence-corrected chi connectivity index (χ0v) is 10.7. The first-order valence-corrected chi connectivity index (χ1v) is 5.72. The molecule has 0 atom stereocenters. The zero-order chi connectivity index (χ0) is 13.1. The van der Waals surface area contributed by atoms with Crippen molar-refractivity contribution < 1.29 is 4.39 Å². The van der Waals surface area contributed by atoms with Crippen LogP contribution in [0.4, 0.5) is 4.39 Å². The summed E-state index contributed by atoms with van der Waals surface area (Å²) in [4.78, 5) is 12.8. The minimum absolute atomic E-state index is 0.362. The van der Waals surface area contributed by atoms with Crippen molar-refractivity contribution in [2.24, 2.45) is 0 Å². The van der Waals surface area contributed by atoms with Crippen molar-refractivity contribution in [1.29, 1.82) is 0 Å². The average molecular weight is 246 g/mol. The quantitative estimate of drug-likeness (QED) is 0.900. The van der Waals surface area contributed by atoms with E-state index >= 15 is 0 Å². The number of halogens is 1. The van der Waals surface area contributed by atoms with Crippen LogP contribution in [0.3, 0.4) is 0 Å². The highest BCUT2D eigenvalue weighted by atomic mass is 19.1. The van der Waals surface area contributed by atoms with E-state index in [1.165, 1.54) is 12.3 Å². The maximum Gasteiger partial charge on any atom is 0.178 e. The van der Waals surface area contributed by atoms with Gasteiger partial charge in [0.15, 0.2) is 5.82 Å². The van der Waals surface area contributed by atoms with Crippen molar-refractivity contribution in [1.82, 2.24) is 20.3 Å². The predicted octanol–water partition coefficient (Wildman–Crippen LogP) is 2.01. The van der Waals surface area contributed by atoms with Gasteiger partial charge in [-0.15, -0.1) is 0 Å². The van der Waals surface area contributed by atoms with Crippen LogP contribution in [-0.2, 0) is 6.54 Å². The number of hydrogen-bond acceptors (Lipinski definition) is 4. The predicted molar refractivity (Wildman–Crippen MR) is 67.5 cm³/mol. The number of rotatable bonds is 3. The van der Waals surface area contributed by atoms with Crippen molar-refractivity contribution >= 4 is 0 Å². The second-order valence-electron chi connectivity index (χ2n) is 4.09. The molecule has 0 fully saturated rings. The van der Waals surface area contributed by atoms with Gasteiger partial charge in [0.1, 0.15) is 11.5 Å². The number of nitrogens with one attached hydrogen (secondary N) is 1. The normalized spacial score (nSPS) is 10.7. The lowest BCUT2D eigenvalue weighted by Gasteiger charge is -2.10. The molecular weight excluding hydrogens is 231 g/mol. The van der Waals surface area contributed by atoms with Gasteiger partial charge in [-0.2, -0.15) is 0 Å². The molecule has 5 heteroatoms. The van der Waals surface area contributed by atoms with E-state index < -0.39 is 0 Å². The summed E-state index contributed by atoms with van der Waals surface area (Å²) in [5.74, 6) is 0.170. The number of hydrogen-bond donors (Lipinski definition) is 1. The molecule has 0 spiro atoms. The molecule has 0 amide bonds. The minimum atomic E-state index is -0.362. The molecule has 0 aliphatic rings. The first-order chi connectivity index (χ1) is 8.61. The van der Waals surface area contributed by atoms with Gasteiger partial charge >= 0.3 is 0 Å². The largest absolute Gasteiger partial charge is 0.316 e. The minimum Gasteiger partial charge on any atom is -0.316 e. The molecular formula is C13H15FN4. The zero-order valence-electron chi connectivity index (χ0n) is 10.7. The summed E-state index contributed by atoms with van der Waals surface area (Å²) in [7, 11) is 1.88. The number of pyridine rings is 1. The first kappa shape index (κ1) is 12.6. The summed E-state index contributed by atoms with van der Waals surface area (Å²) in [6.07, 6.45) is 1.17. The Bertz CT molecular complexity index is 528. The second-order valence-corrected chi connectivity index (χ2v) is 4.09. The Morgan fingerprint density at radius 3 is 2.33 bits per heavy atom. The van der Waals surface area contributed by atoms with Crippen LogP contribution in [0.15, 0.2) is 18.3 Å². The molecule has 0 bridgehead atoms. The molecule has 0 unspecified atom stereocenters. The lowest BCUT2D eigenvalue weighted by molar-refractivity contribution is 0.621. The van der Waals surface area contributed by atoms with Crippen LogP contribution in [-0.4, -0.2) is 22.0 Å². The highest BCUT2D eigenvalue weighted by molar-refractivity contribution is 5.50. The monoisotopic (exact) mass is 246 g/mol. The fraction of sp³-hybridized carbons (Fsp3) is 0.308. The third-order valence-electron chi connectivity index (χ3n) is 2.73. The second kappa shape index (κ2) is 5.18. The van der Waals surface area contributed by atoms with Crippen LogP contribution < -0.4 is 5.32 Å². The number of aryl methyl sites for hydroxylation is 2. The van der Waals surface area contributed by atoms with Crippen molar-refractivity contribution in [3.05, 3.63) is 41.1 Å². The molecule has 0 aliphatic heterocycles. The van der Waals surface area contributed by atoms with Crippen molar-refractivity contribution in [3.63, 3.8) is 0 Å². The molecule has 2 rings (SSSR count). The standard InChI is InChI=1S/C13H15FN4/c1-8-11(7-15-3)9(2)18-13(17-8)12-5-4-10(14)6-16-12/h4-6,15H,7H2,1-3H3. The highest BCUT2D eigenvalue weighted by Gasteiger charge is 2.10. The van der Waals surface area contributed by atoms with Crippen LogP contribution in [0, 0.1) is 19.7 Å². The van der Waals surface area contributed by atoms with Crippen LogP contribution in [0.5, 0.6) is 0 Å². The van der Waals surface area contributed by atoms with E-state index in [2.05, 4.69) is 20.3 Å².